The molecule has 2 rings (SSSR count). The number of nitrogens with one attached hydrogen (secondary N) is 2. The number of piperidine rings is 1. The zero-order valence-corrected chi connectivity index (χ0v) is 19.2. The largest absolute Gasteiger partial charge is 0.357 e. The Labute approximate surface area is 174 Å². The molecule has 0 aliphatic carbocycles. The van der Waals surface area contributed by atoms with Gasteiger partial charge in [0.1, 0.15) is 0 Å². The van der Waals surface area contributed by atoms with Crippen LogP contribution in [0.3, 0.4) is 0 Å². The van der Waals surface area contributed by atoms with Crippen LogP contribution in [0.1, 0.15) is 32.8 Å². The van der Waals surface area contributed by atoms with Crippen LogP contribution in [-0.2, 0) is 16.6 Å². The smallest absolute Gasteiger partial charge is 0.240 e. The summed E-state index contributed by atoms with van der Waals surface area (Å²) in [6, 6.07) is 6.88. The molecule has 0 bridgehead atoms. The Morgan fingerprint density at radius 2 is 1.77 bits per heavy atom. The van der Waals surface area contributed by atoms with Gasteiger partial charge in [-0.05, 0) is 49.9 Å². The Bertz CT molecular complexity index is 682. The highest BCUT2D eigenvalue weighted by Gasteiger charge is 2.23. The molecule has 0 radical (unpaired) electrons. The molecule has 8 heteroatoms. The van der Waals surface area contributed by atoms with E-state index < -0.39 is 10.0 Å². The highest BCUT2D eigenvalue weighted by atomic mass is 127. The molecule has 1 aromatic carbocycles. The molecular formula is C18H31IN4O2S. The molecule has 1 aliphatic heterocycles. The first kappa shape index (κ1) is 23.2. The lowest BCUT2D eigenvalue weighted by Gasteiger charge is -2.37. The van der Waals surface area contributed by atoms with Gasteiger partial charge in [-0.1, -0.05) is 26.0 Å². The summed E-state index contributed by atoms with van der Waals surface area (Å²) in [5, 5.41) is 3.38. The maximum absolute atomic E-state index is 11.8. The molecule has 6 nitrogen and oxygen atoms in total. The normalized spacial score (nSPS) is 21.2. The zero-order valence-electron chi connectivity index (χ0n) is 16.0. The van der Waals surface area contributed by atoms with Crippen LogP contribution < -0.4 is 10.0 Å². The van der Waals surface area contributed by atoms with Gasteiger partial charge < -0.3 is 10.2 Å². The van der Waals surface area contributed by atoms with Crippen molar-refractivity contribution in [3.8, 4) is 0 Å². The number of hydrogen-bond donors (Lipinski definition) is 2. The average Bonchev–Trinajstić information content (AvgIpc) is 2.58. The average molecular weight is 494 g/mol. The standard InChI is InChI=1S/C18H30N4O2S.HI/c1-5-20-18(22-12-14(2)10-15(3)13-22)21-11-16-6-8-17(9-7-16)25(23,24)19-4;/h6-9,14-15,19H,5,10-13H2,1-4H3,(H,20,21);1H. The molecule has 0 aromatic heterocycles. The van der Waals surface area contributed by atoms with Crippen molar-refractivity contribution < 1.29 is 8.42 Å². The SMILES string of the molecule is CCNC(=NCc1ccc(S(=O)(=O)NC)cc1)N1CC(C)CC(C)C1.I. The summed E-state index contributed by atoms with van der Waals surface area (Å²) in [4.78, 5) is 7.36. The molecule has 1 aromatic rings. The monoisotopic (exact) mass is 494 g/mol. The number of guanidine groups is 1. The van der Waals surface area contributed by atoms with Crippen molar-refractivity contribution in [2.24, 2.45) is 16.8 Å². The molecule has 2 unspecified atom stereocenters. The number of sulfonamides is 1. The third-order valence-electron chi connectivity index (χ3n) is 4.42. The van der Waals surface area contributed by atoms with E-state index in [4.69, 9.17) is 4.99 Å². The number of halogens is 1. The van der Waals surface area contributed by atoms with Gasteiger partial charge in [0.05, 0.1) is 11.4 Å². The Hall–Kier alpha value is -0.870. The van der Waals surface area contributed by atoms with Gasteiger partial charge in [-0.3, -0.25) is 0 Å². The fourth-order valence-electron chi connectivity index (χ4n) is 3.32. The molecular weight excluding hydrogens is 463 g/mol. The maximum atomic E-state index is 11.8. The van der Waals surface area contributed by atoms with Crippen LogP contribution in [0.4, 0.5) is 0 Å². The van der Waals surface area contributed by atoms with Crippen LogP contribution in [0.5, 0.6) is 0 Å². The lowest BCUT2D eigenvalue weighted by Crippen LogP contribution is -2.48. The van der Waals surface area contributed by atoms with Crippen LogP contribution >= 0.6 is 24.0 Å². The second kappa shape index (κ2) is 10.5. The second-order valence-electron chi connectivity index (χ2n) is 6.87. The van der Waals surface area contributed by atoms with Crippen molar-refractivity contribution in [3.05, 3.63) is 29.8 Å². The number of likely N-dealkylation sites (tertiary alicyclic amines) is 1. The minimum Gasteiger partial charge on any atom is -0.357 e. The van der Waals surface area contributed by atoms with Crippen molar-refractivity contribution in [3.63, 3.8) is 0 Å². The summed E-state index contributed by atoms with van der Waals surface area (Å²) in [5.41, 5.74) is 0.989. The summed E-state index contributed by atoms with van der Waals surface area (Å²) in [6.07, 6.45) is 1.26. The first-order valence-corrected chi connectivity index (χ1v) is 10.4. The summed E-state index contributed by atoms with van der Waals surface area (Å²) < 4.78 is 25.9. The van der Waals surface area contributed by atoms with E-state index in [2.05, 4.69) is 35.7 Å². The lowest BCUT2D eigenvalue weighted by atomic mass is 9.92. The third kappa shape index (κ3) is 6.38. The molecule has 2 N–H and O–H groups in total. The van der Waals surface area contributed by atoms with Gasteiger partial charge in [-0.15, -0.1) is 24.0 Å². The molecule has 1 fully saturated rings. The molecule has 0 amide bonds. The Kier molecular flexibility index (Phi) is 9.32. The van der Waals surface area contributed by atoms with Gasteiger partial charge in [0, 0.05) is 19.6 Å². The van der Waals surface area contributed by atoms with E-state index in [0.717, 1.165) is 31.2 Å². The summed E-state index contributed by atoms with van der Waals surface area (Å²) in [6.45, 7) is 10.0. The van der Waals surface area contributed by atoms with Crippen LogP contribution in [0.15, 0.2) is 34.2 Å². The number of benzene rings is 1. The van der Waals surface area contributed by atoms with Gasteiger partial charge >= 0.3 is 0 Å². The summed E-state index contributed by atoms with van der Waals surface area (Å²) in [7, 11) is -1.98. The topological polar surface area (TPSA) is 73.8 Å². The third-order valence-corrected chi connectivity index (χ3v) is 5.85. The molecule has 26 heavy (non-hydrogen) atoms. The first-order chi connectivity index (χ1) is 11.9. The van der Waals surface area contributed by atoms with E-state index in [9.17, 15) is 8.42 Å². The minimum atomic E-state index is -3.39. The molecule has 0 saturated carbocycles. The van der Waals surface area contributed by atoms with E-state index in [1.54, 1.807) is 12.1 Å². The van der Waals surface area contributed by atoms with Crippen molar-refractivity contribution in [2.45, 2.75) is 38.6 Å². The second-order valence-corrected chi connectivity index (χ2v) is 8.76. The maximum Gasteiger partial charge on any atom is 0.240 e. The number of rotatable bonds is 5. The molecule has 1 aliphatic rings. The van der Waals surface area contributed by atoms with Crippen LogP contribution in [-0.4, -0.2) is 46.0 Å². The van der Waals surface area contributed by atoms with Crippen molar-refractivity contribution in [1.29, 1.82) is 0 Å². The summed E-state index contributed by atoms with van der Waals surface area (Å²) in [5.74, 6) is 2.27. The Balaban J connectivity index is 0.00000338. The Morgan fingerprint density at radius 1 is 1.19 bits per heavy atom. The lowest BCUT2D eigenvalue weighted by molar-refractivity contribution is 0.208. The van der Waals surface area contributed by atoms with Gasteiger partial charge in [0.15, 0.2) is 5.96 Å². The van der Waals surface area contributed by atoms with E-state index in [-0.39, 0.29) is 28.9 Å². The van der Waals surface area contributed by atoms with E-state index in [1.807, 2.05) is 12.1 Å². The number of nitrogens with zero attached hydrogens (tertiary/aromatic N) is 2. The fourth-order valence-corrected chi connectivity index (χ4v) is 4.05. The molecule has 0 spiro atoms. The van der Waals surface area contributed by atoms with Gasteiger partial charge in [-0.2, -0.15) is 0 Å². The van der Waals surface area contributed by atoms with Gasteiger partial charge in [-0.25, -0.2) is 18.1 Å². The fraction of sp³-hybridized carbons (Fsp3) is 0.611. The number of aliphatic imine (C=N–C) groups is 1. The zero-order chi connectivity index (χ0) is 18.4. The van der Waals surface area contributed by atoms with Crippen molar-refractivity contribution in [2.75, 3.05) is 26.7 Å². The van der Waals surface area contributed by atoms with Crippen LogP contribution in [0.2, 0.25) is 0 Å². The van der Waals surface area contributed by atoms with Crippen molar-refractivity contribution in [1.82, 2.24) is 14.9 Å². The van der Waals surface area contributed by atoms with Gasteiger partial charge in [0.25, 0.3) is 0 Å². The molecule has 1 heterocycles. The van der Waals surface area contributed by atoms with Gasteiger partial charge in [0.2, 0.25) is 10.0 Å². The quantitative estimate of drug-likeness (QED) is 0.375. The molecule has 2 atom stereocenters. The van der Waals surface area contributed by atoms with E-state index in [0.29, 0.717) is 18.4 Å². The highest BCUT2D eigenvalue weighted by Crippen LogP contribution is 2.21. The predicted octanol–water partition coefficient (Wildman–Crippen LogP) is 2.66. The predicted molar refractivity (Wildman–Crippen MR) is 117 cm³/mol. The minimum absolute atomic E-state index is 0. The summed E-state index contributed by atoms with van der Waals surface area (Å²) >= 11 is 0. The van der Waals surface area contributed by atoms with E-state index in [1.165, 1.54) is 13.5 Å². The molecule has 148 valence electrons. The van der Waals surface area contributed by atoms with Crippen LogP contribution in [0, 0.1) is 11.8 Å². The Morgan fingerprint density at radius 3 is 2.27 bits per heavy atom. The molecule has 1 saturated heterocycles. The van der Waals surface area contributed by atoms with E-state index >= 15 is 0 Å². The van der Waals surface area contributed by atoms with Crippen molar-refractivity contribution >= 4 is 40.0 Å². The first-order valence-electron chi connectivity index (χ1n) is 8.91. The number of hydrogen-bond acceptors (Lipinski definition) is 3. The highest BCUT2D eigenvalue weighted by molar-refractivity contribution is 14.0. The van der Waals surface area contributed by atoms with Crippen LogP contribution in [0.25, 0.3) is 0 Å².